The van der Waals surface area contributed by atoms with E-state index in [0.29, 0.717) is 11.4 Å². The average molecular weight is 356 g/mol. The van der Waals surface area contributed by atoms with Crippen LogP contribution in [-0.4, -0.2) is 14.3 Å². The molecular formula is C17H16N4O3S. The lowest BCUT2D eigenvalue weighted by molar-refractivity contribution is -0.112. The maximum Gasteiger partial charge on any atom is 0.267 e. The number of nitrogens with zero attached hydrogens (tertiary/aromatic N) is 1. The third kappa shape index (κ3) is 5.17. The van der Waals surface area contributed by atoms with Crippen molar-refractivity contribution in [1.29, 1.82) is 5.26 Å². The highest BCUT2D eigenvalue weighted by Gasteiger charge is 2.10. The first kappa shape index (κ1) is 18.2. The summed E-state index contributed by atoms with van der Waals surface area (Å²) in [5.74, 6) is -0.554. The fourth-order valence-electron chi connectivity index (χ4n) is 1.97. The van der Waals surface area contributed by atoms with Gasteiger partial charge in [-0.25, -0.2) is 13.6 Å². The fourth-order valence-corrected chi connectivity index (χ4v) is 2.48. The van der Waals surface area contributed by atoms with Crippen molar-refractivity contribution in [1.82, 2.24) is 0 Å². The Balaban J connectivity index is 2.09. The van der Waals surface area contributed by atoms with Crippen LogP contribution >= 0.6 is 0 Å². The molecule has 0 aromatic heterocycles. The van der Waals surface area contributed by atoms with Gasteiger partial charge >= 0.3 is 0 Å². The van der Waals surface area contributed by atoms with Gasteiger partial charge in [-0.05, 0) is 48.9 Å². The minimum Gasteiger partial charge on any atom is -0.360 e. The van der Waals surface area contributed by atoms with Gasteiger partial charge in [0, 0.05) is 17.6 Å². The Morgan fingerprint density at radius 2 is 1.84 bits per heavy atom. The maximum absolute atomic E-state index is 12.1. The highest BCUT2D eigenvalue weighted by Crippen LogP contribution is 2.14. The van der Waals surface area contributed by atoms with Crippen LogP contribution in [0.5, 0.6) is 0 Å². The number of benzene rings is 2. The third-order valence-electron chi connectivity index (χ3n) is 3.21. The van der Waals surface area contributed by atoms with Gasteiger partial charge in [0.2, 0.25) is 10.0 Å². The molecule has 0 radical (unpaired) electrons. The van der Waals surface area contributed by atoms with Gasteiger partial charge in [0.25, 0.3) is 5.91 Å². The number of nitriles is 1. The highest BCUT2D eigenvalue weighted by molar-refractivity contribution is 7.89. The molecular weight excluding hydrogens is 340 g/mol. The standard InChI is InChI=1S/C17H16N4O3S/c1-12-3-2-4-15(9-12)21-17(22)13(10-18)11-20-14-5-7-16(8-6-14)25(19,23)24/h2-9,11,20H,1H3,(H,21,22)(H2,19,23,24)/b13-11-. The number of nitrogens with two attached hydrogens (primary N) is 1. The Kier molecular flexibility index (Phi) is 5.54. The molecule has 0 spiro atoms. The normalized spacial score (nSPS) is 11.5. The molecule has 0 atom stereocenters. The fraction of sp³-hybridized carbons (Fsp3) is 0.0588. The maximum atomic E-state index is 12.1. The van der Waals surface area contributed by atoms with Gasteiger partial charge in [-0.1, -0.05) is 12.1 Å². The summed E-state index contributed by atoms with van der Waals surface area (Å²) in [6.07, 6.45) is 1.25. The molecule has 0 saturated heterocycles. The molecule has 0 fully saturated rings. The van der Waals surface area contributed by atoms with E-state index in [4.69, 9.17) is 10.4 Å². The molecule has 0 aliphatic carbocycles. The van der Waals surface area contributed by atoms with Crippen molar-refractivity contribution in [2.75, 3.05) is 10.6 Å². The zero-order valence-corrected chi connectivity index (χ0v) is 14.2. The lowest BCUT2D eigenvalue weighted by Crippen LogP contribution is -2.14. The summed E-state index contributed by atoms with van der Waals surface area (Å²) in [5.41, 5.74) is 1.94. The Morgan fingerprint density at radius 1 is 1.16 bits per heavy atom. The van der Waals surface area contributed by atoms with Crippen LogP contribution in [0, 0.1) is 18.3 Å². The Labute approximate surface area is 145 Å². The molecule has 2 aromatic carbocycles. The van der Waals surface area contributed by atoms with Gasteiger partial charge in [-0.3, -0.25) is 4.79 Å². The molecule has 25 heavy (non-hydrogen) atoms. The van der Waals surface area contributed by atoms with Crippen molar-refractivity contribution in [3.8, 4) is 6.07 Å². The quantitative estimate of drug-likeness (QED) is 0.559. The Hall–Kier alpha value is -3.15. The Bertz CT molecular complexity index is 958. The van der Waals surface area contributed by atoms with Crippen LogP contribution in [0.1, 0.15) is 5.56 Å². The van der Waals surface area contributed by atoms with Crippen molar-refractivity contribution in [3.63, 3.8) is 0 Å². The summed E-state index contributed by atoms with van der Waals surface area (Å²) in [7, 11) is -3.77. The molecule has 2 aromatic rings. The monoisotopic (exact) mass is 356 g/mol. The number of amides is 1. The number of carbonyl (C=O) groups is 1. The average Bonchev–Trinajstić information content (AvgIpc) is 2.55. The van der Waals surface area contributed by atoms with E-state index < -0.39 is 15.9 Å². The van der Waals surface area contributed by atoms with Crippen LogP contribution in [0.15, 0.2) is 65.2 Å². The summed E-state index contributed by atoms with van der Waals surface area (Å²) < 4.78 is 22.4. The van der Waals surface area contributed by atoms with E-state index in [1.54, 1.807) is 18.2 Å². The van der Waals surface area contributed by atoms with Crippen molar-refractivity contribution in [2.24, 2.45) is 5.14 Å². The number of primary sulfonamides is 1. The molecule has 8 heteroatoms. The van der Waals surface area contributed by atoms with Crippen LogP contribution in [0.2, 0.25) is 0 Å². The van der Waals surface area contributed by atoms with Gasteiger partial charge in [-0.2, -0.15) is 5.26 Å². The molecule has 0 saturated carbocycles. The summed E-state index contributed by atoms with van der Waals surface area (Å²) in [6, 6.07) is 14.6. The molecule has 1 amide bonds. The summed E-state index contributed by atoms with van der Waals surface area (Å²) in [4.78, 5) is 12.1. The zero-order valence-electron chi connectivity index (χ0n) is 13.4. The van der Waals surface area contributed by atoms with Gasteiger partial charge in [0.1, 0.15) is 11.6 Å². The Morgan fingerprint density at radius 3 is 2.40 bits per heavy atom. The van der Waals surface area contributed by atoms with Gasteiger partial charge in [0.15, 0.2) is 0 Å². The number of nitrogens with one attached hydrogen (secondary N) is 2. The van der Waals surface area contributed by atoms with E-state index in [9.17, 15) is 13.2 Å². The first-order valence-electron chi connectivity index (χ1n) is 7.17. The SMILES string of the molecule is Cc1cccc(NC(=O)/C(C#N)=C\Nc2ccc(S(N)(=O)=O)cc2)c1. The number of carbonyl (C=O) groups excluding carboxylic acids is 1. The number of sulfonamides is 1. The van der Waals surface area contributed by atoms with Crippen molar-refractivity contribution < 1.29 is 13.2 Å². The molecule has 0 heterocycles. The van der Waals surface area contributed by atoms with Gasteiger partial charge in [-0.15, -0.1) is 0 Å². The number of hydrogen-bond acceptors (Lipinski definition) is 5. The molecule has 128 valence electrons. The van der Waals surface area contributed by atoms with Crippen molar-refractivity contribution in [2.45, 2.75) is 11.8 Å². The van der Waals surface area contributed by atoms with E-state index in [1.165, 1.54) is 30.5 Å². The lowest BCUT2D eigenvalue weighted by atomic mass is 10.2. The molecule has 4 N–H and O–H groups in total. The minimum atomic E-state index is -3.77. The van der Waals surface area contributed by atoms with Crippen LogP contribution in [0.4, 0.5) is 11.4 Å². The van der Waals surface area contributed by atoms with Gasteiger partial charge in [0.05, 0.1) is 4.90 Å². The largest absolute Gasteiger partial charge is 0.360 e. The first-order chi connectivity index (χ1) is 11.8. The molecule has 0 aliphatic heterocycles. The number of rotatable bonds is 5. The summed E-state index contributed by atoms with van der Waals surface area (Å²) in [6.45, 7) is 1.89. The zero-order chi connectivity index (χ0) is 18.4. The molecule has 0 aliphatic rings. The summed E-state index contributed by atoms with van der Waals surface area (Å²) >= 11 is 0. The second-order valence-corrected chi connectivity index (χ2v) is 6.77. The van der Waals surface area contributed by atoms with E-state index in [1.807, 2.05) is 19.1 Å². The van der Waals surface area contributed by atoms with E-state index in [2.05, 4.69) is 10.6 Å². The van der Waals surface area contributed by atoms with E-state index in [-0.39, 0.29) is 10.5 Å². The van der Waals surface area contributed by atoms with Crippen LogP contribution in [-0.2, 0) is 14.8 Å². The van der Waals surface area contributed by atoms with E-state index >= 15 is 0 Å². The molecule has 7 nitrogen and oxygen atoms in total. The number of hydrogen-bond donors (Lipinski definition) is 3. The third-order valence-corrected chi connectivity index (χ3v) is 4.14. The lowest BCUT2D eigenvalue weighted by Gasteiger charge is -2.06. The minimum absolute atomic E-state index is 0.0280. The van der Waals surface area contributed by atoms with Gasteiger partial charge < -0.3 is 10.6 Å². The predicted octanol–water partition coefficient (Wildman–Crippen LogP) is 2.10. The second kappa shape index (κ2) is 7.61. The van der Waals surface area contributed by atoms with Crippen LogP contribution in [0.3, 0.4) is 0 Å². The highest BCUT2D eigenvalue weighted by atomic mass is 32.2. The molecule has 2 rings (SSSR count). The van der Waals surface area contributed by atoms with Crippen LogP contribution < -0.4 is 15.8 Å². The first-order valence-corrected chi connectivity index (χ1v) is 8.72. The molecule has 0 unspecified atom stereocenters. The molecule has 0 bridgehead atoms. The van der Waals surface area contributed by atoms with Crippen molar-refractivity contribution in [3.05, 3.63) is 65.9 Å². The summed E-state index contributed by atoms with van der Waals surface area (Å²) in [5, 5.41) is 19.6. The van der Waals surface area contributed by atoms with Crippen LogP contribution in [0.25, 0.3) is 0 Å². The second-order valence-electron chi connectivity index (χ2n) is 5.21. The van der Waals surface area contributed by atoms with Crippen molar-refractivity contribution >= 4 is 27.3 Å². The smallest absolute Gasteiger partial charge is 0.267 e. The topological polar surface area (TPSA) is 125 Å². The number of anilines is 2. The van der Waals surface area contributed by atoms with E-state index in [0.717, 1.165) is 5.56 Å². The number of aryl methyl sites for hydroxylation is 1. The predicted molar refractivity (Wildman–Crippen MR) is 94.9 cm³/mol.